The van der Waals surface area contributed by atoms with Crippen molar-refractivity contribution in [2.75, 3.05) is 0 Å². The minimum absolute atomic E-state index is 0.0253. The molecule has 0 fully saturated rings. The van der Waals surface area contributed by atoms with Crippen LogP contribution in [0.15, 0.2) is 52.9 Å². The number of rotatable bonds is 6. The average molecular weight is 410 g/mol. The Bertz CT molecular complexity index is 956. The van der Waals surface area contributed by atoms with Gasteiger partial charge in [0.05, 0.1) is 5.56 Å². The molecule has 3 rings (SSSR count). The molecule has 0 bridgehead atoms. The number of amides is 1. The van der Waals surface area contributed by atoms with Gasteiger partial charge in [0, 0.05) is 30.0 Å². The van der Waals surface area contributed by atoms with Crippen LogP contribution in [0.4, 0.5) is 13.2 Å². The molecule has 0 aliphatic rings. The lowest BCUT2D eigenvalue weighted by molar-refractivity contribution is -0.137. The Hall–Kier alpha value is -2.87. The van der Waals surface area contributed by atoms with E-state index in [1.165, 1.54) is 12.1 Å². The fourth-order valence-electron chi connectivity index (χ4n) is 2.41. The summed E-state index contributed by atoms with van der Waals surface area (Å²) >= 11 is 5.80. The minimum Gasteiger partial charge on any atom is -0.421 e. The summed E-state index contributed by atoms with van der Waals surface area (Å²) in [5.74, 6) is -0.0644. The van der Waals surface area contributed by atoms with Crippen LogP contribution in [0.1, 0.15) is 23.4 Å². The second-order valence-corrected chi connectivity index (χ2v) is 6.42. The smallest absolute Gasteiger partial charge is 0.416 e. The first-order valence-electron chi connectivity index (χ1n) is 8.32. The molecule has 1 amide bonds. The average Bonchev–Trinajstić information content (AvgIpc) is 3.14. The van der Waals surface area contributed by atoms with Gasteiger partial charge in [-0.05, 0) is 35.9 Å². The lowest BCUT2D eigenvalue weighted by atomic mass is 10.1. The number of alkyl halides is 3. The molecule has 1 heterocycles. The molecule has 0 radical (unpaired) electrons. The van der Waals surface area contributed by atoms with E-state index in [9.17, 15) is 18.0 Å². The van der Waals surface area contributed by atoms with Crippen LogP contribution in [0.25, 0.3) is 11.5 Å². The Labute approximate surface area is 163 Å². The Kier molecular flexibility index (Phi) is 5.99. The maximum absolute atomic E-state index is 12.8. The fraction of sp³-hybridized carbons (Fsp3) is 0.211. The van der Waals surface area contributed by atoms with E-state index < -0.39 is 11.7 Å². The van der Waals surface area contributed by atoms with Crippen LogP contribution in [-0.4, -0.2) is 16.1 Å². The van der Waals surface area contributed by atoms with Crippen molar-refractivity contribution in [2.45, 2.75) is 25.6 Å². The Morgan fingerprint density at radius 3 is 2.57 bits per heavy atom. The van der Waals surface area contributed by atoms with Gasteiger partial charge in [-0.3, -0.25) is 4.79 Å². The molecule has 5 nitrogen and oxygen atoms in total. The van der Waals surface area contributed by atoms with Crippen LogP contribution in [0, 0.1) is 0 Å². The van der Waals surface area contributed by atoms with Gasteiger partial charge in [0.25, 0.3) is 0 Å². The molecule has 0 aliphatic carbocycles. The highest BCUT2D eigenvalue weighted by Gasteiger charge is 2.30. The minimum atomic E-state index is -4.46. The number of nitrogens with one attached hydrogen (secondary N) is 1. The monoisotopic (exact) mass is 409 g/mol. The van der Waals surface area contributed by atoms with Gasteiger partial charge in [0.1, 0.15) is 0 Å². The number of benzene rings is 2. The van der Waals surface area contributed by atoms with Crippen LogP contribution in [0.3, 0.4) is 0 Å². The van der Waals surface area contributed by atoms with E-state index in [2.05, 4.69) is 15.5 Å². The molecule has 0 spiro atoms. The summed E-state index contributed by atoms with van der Waals surface area (Å²) in [5, 5.41) is 10.9. The van der Waals surface area contributed by atoms with Crippen molar-refractivity contribution in [3.05, 3.63) is 70.6 Å². The van der Waals surface area contributed by atoms with E-state index in [4.69, 9.17) is 16.0 Å². The van der Waals surface area contributed by atoms with Crippen molar-refractivity contribution >= 4 is 17.5 Å². The van der Waals surface area contributed by atoms with Crippen LogP contribution in [-0.2, 0) is 23.9 Å². The third-order valence-electron chi connectivity index (χ3n) is 3.87. The second-order valence-electron chi connectivity index (χ2n) is 5.98. The van der Waals surface area contributed by atoms with E-state index in [1.807, 2.05) is 12.1 Å². The number of halogens is 4. The van der Waals surface area contributed by atoms with Gasteiger partial charge in [-0.1, -0.05) is 29.8 Å². The van der Waals surface area contributed by atoms with Crippen molar-refractivity contribution in [1.82, 2.24) is 15.5 Å². The Balaban J connectivity index is 1.54. The third kappa shape index (κ3) is 5.32. The highest BCUT2D eigenvalue weighted by Crippen LogP contribution is 2.31. The summed E-state index contributed by atoms with van der Waals surface area (Å²) in [6, 6.07) is 11.7. The molecule has 0 saturated heterocycles. The van der Waals surface area contributed by atoms with Gasteiger partial charge in [-0.25, -0.2) is 0 Å². The number of aryl methyl sites for hydroxylation is 1. The number of carbonyl (C=O) groups excluding carboxylic acids is 1. The molecule has 28 heavy (non-hydrogen) atoms. The lowest BCUT2D eigenvalue weighted by Gasteiger charge is -2.06. The van der Waals surface area contributed by atoms with Gasteiger partial charge < -0.3 is 9.73 Å². The van der Waals surface area contributed by atoms with E-state index in [0.717, 1.165) is 17.7 Å². The maximum Gasteiger partial charge on any atom is 0.416 e. The quantitative estimate of drug-likeness (QED) is 0.643. The number of hydrogen-bond donors (Lipinski definition) is 1. The van der Waals surface area contributed by atoms with Crippen LogP contribution < -0.4 is 5.32 Å². The molecular formula is C19H15ClF3N3O2. The van der Waals surface area contributed by atoms with E-state index >= 15 is 0 Å². The van der Waals surface area contributed by atoms with Crippen LogP contribution in [0.5, 0.6) is 0 Å². The molecule has 0 unspecified atom stereocenters. The zero-order chi connectivity index (χ0) is 20.1. The van der Waals surface area contributed by atoms with Gasteiger partial charge in [0.2, 0.25) is 17.7 Å². The van der Waals surface area contributed by atoms with Gasteiger partial charge in [-0.15, -0.1) is 10.2 Å². The topological polar surface area (TPSA) is 68.0 Å². The largest absolute Gasteiger partial charge is 0.421 e. The highest BCUT2D eigenvalue weighted by molar-refractivity contribution is 6.30. The summed E-state index contributed by atoms with van der Waals surface area (Å²) < 4.78 is 43.8. The van der Waals surface area contributed by atoms with Crippen molar-refractivity contribution in [1.29, 1.82) is 0 Å². The molecule has 2 aromatic carbocycles. The zero-order valence-corrected chi connectivity index (χ0v) is 15.2. The summed E-state index contributed by atoms with van der Waals surface area (Å²) in [5.41, 5.74) is 0.273. The van der Waals surface area contributed by atoms with Crippen molar-refractivity contribution in [3.8, 4) is 11.5 Å². The summed E-state index contributed by atoms with van der Waals surface area (Å²) in [7, 11) is 0. The van der Waals surface area contributed by atoms with Gasteiger partial charge >= 0.3 is 6.18 Å². The number of aromatic nitrogens is 2. The molecule has 0 atom stereocenters. The van der Waals surface area contributed by atoms with Gasteiger partial charge in [0.15, 0.2) is 0 Å². The number of nitrogens with zero attached hydrogens (tertiary/aromatic N) is 2. The summed E-state index contributed by atoms with van der Waals surface area (Å²) in [4.78, 5) is 11.9. The predicted octanol–water partition coefficient (Wildman–Crippen LogP) is 4.66. The normalized spacial score (nSPS) is 11.4. The molecule has 0 aliphatic heterocycles. The second kappa shape index (κ2) is 8.43. The van der Waals surface area contributed by atoms with Crippen LogP contribution in [0.2, 0.25) is 5.02 Å². The molecular weight excluding hydrogens is 395 g/mol. The predicted molar refractivity (Wildman–Crippen MR) is 96.4 cm³/mol. The van der Waals surface area contributed by atoms with E-state index in [0.29, 0.717) is 11.6 Å². The number of carbonyl (C=O) groups is 1. The molecule has 9 heteroatoms. The van der Waals surface area contributed by atoms with E-state index in [1.54, 1.807) is 12.1 Å². The van der Waals surface area contributed by atoms with Gasteiger partial charge in [-0.2, -0.15) is 13.2 Å². The third-order valence-corrected chi connectivity index (χ3v) is 4.12. The highest BCUT2D eigenvalue weighted by atomic mass is 35.5. The summed E-state index contributed by atoms with van der Waals surface area (Å²) in [6.07, 6.45) is -4.17. The Morgan fingerprint density at radius 2 is 1.86 bits per heavy atom. The SMILES string of the molecule is O=C(CCc1nnc(-c2cccc(C(F)(F)F)c2)o1)NCc1ccc(Cl)cc1. The first kappa shape index (κ1) is 19.9. The standard InChI is InChI=1S/C19H15ClF3N3O2/c20-15-6-4-12(5-7-15)11-24-16(27)8-9-17-25-26-18(28-17)13-2-1-3-14(10-13)19(21,22)23/h1-7,10H,8-9,11H2,(H,24,27). The lowest BCUT2D eigenvalue weighted by Crippen LogP contribution is -2.23. The fourth-order valence-corrected chi connectivity index (χ4v) is 2.54. The van der Waals surface area contributed by atoms with Crippen molar-refractivity contribution < 1.29 is 22.4 Å². The summed E-state index contributed by atoms with van der Waals surface area (Å²) in [6.45, 7) is 0.356. The van der Waals surface area contributed by atoms with E-state index in [-0.39, 0.29) is 36.1 Å². The first-order valence-corrected chi connectivity index (χ1v) is 8.70. The molecule has 1 N–H and O–H groups in total. The molecule has 3 aromatic rings. The van der Waals surface area contributed by atoms with Crippen LogP contribution >= 0.6 is 11.6 Å². The zero-order valence-electron chi connectivity index (χ0n) is 14.5. The molecule has 146 valence electrons. The van der Waals surface area contributed by atoms with Crippen molar-refractivity contribution in [2.24, 2.45) is 0 Å². The Morgan fingerprint density at radius 1 is 1.11 bits per heavy atom. The molecule has 1 aromatic heterocycles. The number of hydrogen-bond acceptors (Lipinski definition) is 4. The molecule has 0 saturated carbocycles. The first-order chi connectivity index (χ1) is 13.3. The van der Waals surface area contributed by atoms with Crippen molar-refractivity contribution in [3.63, 3.8) is 0 Å². The maximum atomic E-state index is 12.8.